The van der Waals surface area contributed by atoms with Crippen LogP contribution in [0, 0.1) is 6.92 Å². The summed E-state index contributed by atoms with van der Waals surface area (Å²) in [4.78, 5) is 4.87. The van der Waals surface area contributed by atoms with Crippen molar-refractivity contribution in [2.24, 2.45) is 0 Å². The maximum absolute atomic E-state index is 5.51. The molecule has 1 aliphatic rings. The molecule has 0 atom stereocenters. The van der Waals surface area contributed by atoms with Crippen LogP contribution in [0.1, 0.15) is 43.4 Å². The van der Waals surface area contributed by atoms with Crippen molar-refractivity contribution in [2.45, 2.75) is 39.0 Å². The summed E-state index contributed by atoms with van der Waals surface area (Å²) in [7, 11) is 1.72. The molecule has 0 spiro atoms. The minimum Gasteiger partial charge on any atom is -0.494 e. The normalized spacial score (nSPS) is 14.6. The summed E-state index contributed by atoms with van der Waals surface area (Å²) in [5, 5.41) is 4.75. The number of pyridine rings is 1. The highest BCUT2D eigenvalue weighted by atomic mass is 16.5. The highest BCUT2D eigenvalue weighted by Gasteiger charge is 2.26. The molecular weight excluding hydrogens is 248 g/mol. The lowest BCUT2D eigenvalue weighted by atomic mass is 10.0. The summed E-state index contributed by atoms with van der Waals surface area (Å²) in [5.74, 6) is 1.51. The van der Waals surface area contributed by atoms with Crippen molar-refractivity contribution < 1.29 is 4.74 Å². The molecule has 0 aliphatic heterocycles. The van der Waals surface area contributed by atoms with E-state index in [9.17, 15) is 0 Å². The van der Waals surface area contributed by atoms with Gasteiger partial charge in [0.2, 0.25) is 0 Å². The fourth-order valence-electron chi connectivity index (χ4n) is 2.66. The summed E-state index contributed by atoms with van der Waals surface area (Å²) in [6.07, 6.45) is 3.64. The molecule has 1 aromatic heterocycles. The topological polar surface area (TPSA) is 34.2 Å². The average molecular weight is 270 g/mol. The van der Waals surface area contributed by atoms with Crippen molar-refractivity contribution in [1.82, 2.24) is 4.98 Å². The summed E-state index contributed by atoms with van der Waals surface area (Å²) in [5.41, 5.74) is 4.65. The van der Waals surface area contributed by atoms with Crippen molar-refractivity contribution in [3.8, 4) is 5.75 Å². The van der Waals surface area contributed by atoms with E-state index < -0.39 is 0 Å². The number of anilines is 1. The minimum absolute atomic E-state index is 0.645. The number of nitrogens with one attached hydrogen (secondary N) is 1. The molecule has 3 nitrogen and oxygen atoms in total. The number of nitrogens with zero attached hydrogens (tertiary/aromatic N) is 1. The van der Waals surface area contributed by atoms with Gasteiger partial charge in [0.1, 0.15) is 11.3 Å². The number of benzene rings is 1. The van der Waals surface area contributed by atoms with Crippen molar-refractivity contribution in [3.05, 3.63) is 29.5 Å². The van der Waals surface area contributed by atoms with Crippen molar-refractivity contribution >= 4 is 16.6 Å². The van der Waals surface area contributed by atoms with Gasteiger partial charge >= 0.3 is 0 Å². The second-order valence-corrected chi connectivity index (χ2v) is 5.60. The molecule has 0 bridgehead atoms. The Bertz CT molecular complexity index is 632. The maximum atomic E-state index is 5.51. The van der Waals surface area contributed by atoms with Crippen molar-refractivity contribution in [1.29, 1.82) is 0 Å². The molecule has 2 aromatic rings. The summed E-state index contributed by atoms with van der Waals surface area (Å²) in [6.45, 7) is 5.31. The van der Waals surface area contributed by atoms with Gasteiger partial charge in [-0.15, -0.1) is 0 Å². The first-order chi connectivity index (χ1) is 9.74. The first kappa shape index (κ1) is 13.2. The Morgan fingerprint density at radius 3 is 2.80 bits per heavy atom. The second-order valence-electron chi connectivity index (χ2n) is 5.60. The smallest absolute Gasteiger partial charge is 0.145 e. The first-order valence-corrected chi connectivity index (χ1v) is 7.46. The van der Waals surface area contributed by atoms with E-state index in [0.29, 0.717) is 5.92 Å². The standard InChI is InChI=1S/C17H22N2O/c1-4-9-18-14-10-13(12-6-7-12)19-17-15(20-3)8-5-11(2)16(14)17/h5,8,10,12H,4,6-7,9H2,1-3H3,(H,18,19). The van der Waals surface area contributed by atoms with Gasteiger partial charge in [-0.1, -0.05) is 13.0 Å². The number of rotatable bonds is 5. The van der Waals surface area contributed by atoms with Crippen LogP contribution in [-0.2, 0) is 0 Å². The molecule has 1 aliphatic carbocycles. The molecule has 1 aromatic carbocycles. The quantitative estimate of drug-likeness (QED) is 0.882. The molecule has 0 amide bonds. The molecule has 0 unspecified atom stereocenters. The third-order valence-electron chi connectivity index (χ3n) is 3.93. The lowest BCUT2D eigenvalue weighted by molar-refractivity contribution is 0.418. The zero-order valence-electron chi connectivity index (χ0n) is 12.5. The molecular formula is C17H22N2O. The molecule has 0 radical (unpaired) electrons. The number of ether oxygens (including phenoxy) is 1. The van der Waals surface area contributed by atoms with Gasteiger partial charge in [-0.3, -0.25) is 0 Å². The lowest BCUT2D eigenvalue weighted by Gasteiger charge is -2.15. The molecule has 3 heteroatoms. The summed E-state index contributed by atoms with van der Waals surface area (Å²) in [6, 6.07) is 6.36. The number of methoxy groups -OCH3 is 1. The highest BCUT2D eigenvalue weighted by molar-refractivity contribution is 5.97. The molecule has 1 heterocycles. The molecule has 1 saturated carbocycles. The Kier molecular flexibility index (Phi) is 3.51. The number of fused-ring (bicyclic) bond motifs is 1. The van der Waals surface area contributed by atoms with Gasteiger partial charge in [0, 0.05) is 29.2 Å². The Labute approximate surface area is 120 Å². The Morgan fingerprint density at radius 2 is 2.15 bits per heavy atom. The van der Waals surface area contributed by atoms with Gasteiger partial charge in [0.25, 0.3) is 0 Å². The lowest BCUT2D eigenvalue weighted by Crippen LogP contribution is -2.04. The van der Waals surface area contributed by atoms with Crippen LogP contribution in [-0.4, -0.2) is 18.6 Å². The molecule has 1 fully saturated rings. The molecule has 106 valence electrons. The van der Waals surface area contributed by atoms with Crippen LogP contribution in [0.5, 0.6) is 5.75 Å². The minimum atomic E-state index is 0.645. The van der Waals surface area contributed by atoms with Crippen LogP contribution in [0.3, 0.4) is 0 Å². The number of hydrogen-bond acceptors (Lipinski definition) is 3. The Morgan fingerprint density at radius 1 is 1.35 bits per heavy atom. The first-order valence-electron chi connectivity index (χ1n) is 7.46. The van der Waals surface area contributed by atoms with Gasteiger partial charge in [0.05, 0.1) is 7.11 Å². The van der Waals surface area contributed by atoms with Crippen LogP contribution in [0.25, 0.3) is 10.9 Å². The van der Waals surface area contributed by atoms with E-state index in [2.05, 4.69) is 31.3 Å². The third-order valence-corrected chi connectivity index (χ3v) is 3.93. The zero-order chi connectivity index (χ0) is 14.1. The van der Waals surface area contributed by atoms with Crippen LogP contribution >= 0.6 is 0 Å². The van der Waals surface area contributed by atoms with E-state index in [0.717, 1.165) is 24.2 Å². The van der Waals surface area contributed by atoms with Gasteiger partial charge in [-0.2, -0.15) is 0 Å². The van der Waals surface area contributed by atoms with Crippen molar-refractivity contribution in [3.63, 3.8) is 0 Å². The number of aromatic nitrogens is 1. The SMILES string of the molecule is CCCNc1cc(C2CC2)nc2c(OC)ccc(C)c12. The van der Waals surface area contributed by atoms with E-state index in [-0.39, 0.29) is 0 Å². The van der Waals surface area contributed by atoms with E-state index >= 15 is 0 Å². The Balaban J connectivity index is 2.21. The molecule has 20 heavy (non-hydrogen) atoms. The van der Waals surface area contributed by atoms with Crippen LogP contribution in [0.2, 0.25) is 0 Å². The third kappa shape index (κ3) is 2.33. The maximum Gasteiger partial charge on any atom is 0.145 e. The fourth-order valence-corrected chi connectivity index (χ4v) is 2.66. The van der Waals surface area contributed by atoms with Crippen LogP contribution < -0.4 is 10.1 Å². The van der Waals surface area contributed by atoms with Gasteiger partial charge < -0.3 is 10.1 Å². The summed E-state index contributed by atoms with van der Waals surface area (Å²) >= 11 is 0. The van der Waals surface area contributed by atoms with Gasteiger partial charge in [0.15, 0.2) is 0 Å². The Hall–Kier alpha value is -1.77. The van der Waals surface area contributed by atoms with Crippen LogP contribution in [0.15, 0.2) is 18.2 Å². The zero-order valence-corrected chi connectivity index (χ0v) is 12.5. The van der Waals surface area contributed by atoms with E-state index in [1.54, 1.807) is 7.11 Å². The second kappa shape index (κ2) is 5.31. The number of hydrogen-bond donors (Lipinski definition) is 1. The van der Waals surface area contributed by atoms with E-state index in [1.165, 1.54) is 35.2 Å². The monoisotopic (exact) mass is 270 g/mol. The predicted octanol–water partition coefficient (Wildman–Crippen LogP) is 4.25. The van der Waals surface area contributed by atoms with Gasteiger partial charge in [-0.05, 0) is 43.9 Å². The largest absolute Gasteiger partial charge is 0.494 e. The van der Waals surface area contributed by atoms with E-state index in [1.807, 2.05) is 6.07 Å². The van der Waals surface area contributed by atoms with Gasteiger partial charge in [-0.25, -0.2) is 4.98 Å². The summed E-state index contributed by atoms with van der Waals surface area (Å²) < 4.78 is 5.51. The van der Waals surface area contributed by atoms with Crippen molar-refractivity contribution in [2.75, 3.05) is 19.0 Å². The molecule has 0 saturated heterocycles. The number of aryl methyl sites for hydroxylation is 1. The fraction of sp³-hybridized carbons (Fsp3) is 0.471. The predicted molar refractivity (Wildman–Crippen MR) is 83.8 cm³/mol. The molecule has 3 rings (SSSR count). The van der Waals surface area contributed by atoms with Crippen LogP contribution in [0.4, 0.5) is 5.69 Å². The van der Waals surface area contributed by atoms with E-state index in [4.69, 9.17) is 9.72 Å². The average Bonchev–Trinajstić information content (AvgIpc) is 3.29. The highest BCUT2D eigenvalue weighted by Crippen LogP contribution is 2.42. The molecule has 1 N–H and O–H groups in total.